The van der Waals surface area contributed by atoms with E-state index in [1.165, 1.54) is 5.69 Å². The molecule has 0 aliphatic carbocycles. The van der Waals surface area contributed by atoms with Gasteiger partial charge in [0.2, 0.25) is 0 Å². The van der Waals surface area contributed by atoms with Gasteiger partial charge in [0.05, 0.1) is 23.7 Å². The summed E-state index contributed by atoms with van der Waals surface area (Å²) in [6.07, 6.45) is 3.68. The minimum Gasteiger partial charge on any atom is -0.333 e. The molecule has 0 fully saturated rings. The molecule has 4 aromatic rings. The summed E-state index contributed by atoms with van der Waals surface area (Å²) in [4.78, 5) is 9.91. The van der Waals surface area contributed by atoms with E-state index >= 15 is 0 Å². The number of thiophene rings is 1. The van der Waals surface area contributed by atoms with Crippen LogP contribution in [-0.2, 0) is 19.6 Å². The van der Waals surface area contributed by atoms with Gasteiger partial charge in [-0.15, -0.1) is 11.3 Å². The summed E-state index contributed by atoms with van der Waals surface area (Å²) in [7, 11) is 0. The lowest BCUT2D eigenvalue weighted by Gasteiger charge is -2.13. The first-order valence-electron chi connectivity index (χ1n) is 8.02. The molecule has 0 amide bonds. The van der Waals surface area contributed by atoms with E-state index in [9.17, 15) is 0 Å². The van der Waals surface area contributed by atoms with Crippen molar-refractivity contribution in [1.29, 1.82) is 0 Å². The standard InChI is InChI=1S/C16H15N7OS/c1-2-13(25-7-1)16-19-14(21-24-16)10-22-5-4-18-15(22)12-8-11-9-17-3-6-23(11)20-12/h1-2,4-5,7-8,17H,3,6,9-10H2. The van der Waals surface area contributed by atoms with Crippen molar-refractivity contribution in [3.8, 4) is 22.3 Å². The lowest BCUT2D eigenvalue weighted by atomic mass is 10.3. The highest BCUT2D eigenvalue weighted by molar-refractivity contribution is 7.13. The molecule has 0 aromatic carbocycles. The van der Waals surface area contributed by atoms with Gasteiger partial charge < -0.3 is 14.4 Å². The highest BCUT2D eigenvalue weighted by Gasteiger charge is 2.17. The molecule has 5 rings (SSSR count). The molecule has 0 saturated heterocycles. The fraction of sp³-hybridized carbons (Fsp3) is 0.250. The zero-order valence-corrected chi connectivity index (χ0v) is 14.1. The lowest BCUT2D eigenvalue weighted by Crippen LogP contribution is -2.28. The maximum absolute atomic E-state index is 5.36. The Morgan fingerprint density at radius 3 is 3.24 bits per heavy atom. The van der Waals surface area contributed by atoms with E-state index in [0.717, 1.165) is 36.0 Å². The Kier molecular flexibility index (Phi) is 3.46. The molecule has 4 aromatic heterocycles. The first-order valence-corrected chi connectivity index (χ1v) is 8.90. The van der Waals surface area contributed by atoms with Gasteiger partial charge in [-0.2, -0.15) is 10.1 Å². The summed E-state index contributed by atoms with van der Waals surface area (Å²) in [6, 6.07) is 6.01. The Labute approximate surface area is 147 Å². The third-order valence-electron chi connectivity index (χ3n) is 4.13. The largest absolute Gasteiger partial charge is 0.333 e. The number of imidazole rings is 1. The number of rotatable bonds is 4. The predicted octanol–water partition coefficient (Wildman–Crippen LogP) is 2.01. The first-order chi connectivity index (χ1) is 12.4. The Morgan fingerprint density at radius 2 is 2.36 bits per heavy atom. The van der Waals surface area contributed by atoms with Crippen LogP contribution in [0.1, 0.15) is 11.5 Å². The van der Waals surface area contributed by atoms with E-state index in [1.54, 1.807) is 17.5 Å². The molecule has 0 atom stereocenters. The van der Waals surface area contributed by atoms with Crippen LogP contribution in [0.15, 0.2) is 40.5 Å². The average Bonchev–Trinajstić information content (AvgIpc) is 3.41. The van der Waals surface area contributed by atoms with Gasteiger partial charge in [0.25, 0.3) is 5.89 Å². The number of nitrogens with one attached hydrogen (secondary N) is 1. The van der Waals surface area contributed by atoms with Crippen LogP contribution in [0.25, 0.3) is 22.3 Å². The van der Waals surface area contributed by atoms with Crippen molar-refractivity contribution in [2.75, 3.05) is 6.54 Å². The van der Waals surface area contributed by atoms with Gasteiger partial charge >= 0.3 is 0 Å². The summed E-state index contributed by atoms with van der Waals surface area (Å²) < 4.78 is 9.38. The van der Waals surface area contributed by atoms with Crippen molar-refractivity contribution < 1.29 is 4.52 Å². The molecule has 25 heavy (non-hydrogen) atoms. The number of aromatic nitrogens is 6. The van der Waals surface area contributed by atoms with Crippen molar-refractivity contribution in [3.05, 3.63) is 47.5 Å². The third kappa shape index (κ3) is 2.67. The fourth-order valence-corrected chi connectivity index (χ4v) is 3.59. The van der Waals surface area contributed by atoms with Crippen LogP contribution in [0.4, 0.5) is 0 Å². The predicted molar refractivity (Wildman–Crippen MR) is 91.9 cm³/mol. The maximum atomic E-state index is 5.36. The molecule has 0 spiro atoms. The van der Waals surface area contributed by atoms with Crippen molar-refractivity contribution in [3.63, 3.8) is 0 Å². The Hall–Kier alpha value is -2.78. The smallest absolute Gasteiger partial charge is 0.268 e. The van der Waals surface area contributed by atoms with E-state index in [-0.39, 0.29) is 0 Å². The van der Waals surface area contributed by atoms with Crippen LogP contribution < -0.4 is 5.32 Å². The molecule has 8 nitrogen and oxygen atoms in total. The van der Waals surface area contributed by atoms with Gasteiger partial charge in [0, 0.05) is 25.5 Å². The lowest BCUT2D eigenvalue weighted by molar-refractivity contribution is 0.421. The Bertz CT molecular complexity index is 974. The molecule has 9 heteroatoms. The van der Waals surface area contributed by atoms with Crippen LogP contribution in [0.3, 0.4) is 0 Å². The average molecular weight is 353 g/mol. The van der Waals surface area contributed by atoms with Crippen molar-refractivity contribution >= 4 is 11.3 Å². The normalized spacial score (nSPS) is 13.9. The summed E-state index contributed by atoms with van der Waals surface area (Å²) in [5.74, 6) is 1.98. The maximum Gasteiger partial charge on any atom is 0.268 e. The molecular formula is C16H15N7OS. The molecule has 0 unspecified atom stereocenters. The zero-order valence-electron chi connectivity index (χ0n) is 13.3. The quantitative estimate of drug-likeness (QED) is 0.604. The van der Waals surface area contributed by atoms with Crippen molar-refractivity contribution in [2.24, 2.45) is 0 Å². The van der Waals surface area contributed by atoms with E-state index in [1.807, 2.05) is 33.0 Å². The van der Waals surface area contributed by atoms with Gasteiger partial charge in [0.1, 0.15) is 5.69 Å². The molecule has 0 saturated carbocycles. The van der Waals surface area contributed by atoms with E-state index in [2.05, 4.69) is 31.6 Å². The molecule has 0 bridgehead atoms. The summed E-state index contributed by atoms with van der Waals surface area (Å²) in [5.41, 5.74) is 2.04. The number of hydrogen-bond donors (Lipinski definition) is 1. The SMILES string of the molecule is c1csc(-c2nc(Cn3ccnc3-c3cc4n(n3)CCNC4)no2)c1. The number of hydrogen-bond acceptors (Lipinski definition) is 7. The molecule has 5 heterocycles. The van der Waals surface area contributed by atoms with Crippen LogP contribution >= 0.6 is 11.3 Å². The second-order valence-corrected chi connectivity index (χ2v) is 6.74. The highest BCUT2D eigenvalue weighted by Crippen LogP contribution is 2.23. The Morgan fingerprint density at radius 1 is 1.36 bits per heavy atom. The molecular weight excluding hydrogens is 338 g/mol. The fourth-order valence-electron chi connectivity index (χ4n) is 2.94. The van der Waals surface area contributed by atoms with Gasteiger partial charge in [0.15, 0.2) is 11.6 Å². The summed E-state index contributed by atoms with van der Waals surface area (Å²) in [5, 5.41) is 14.1. The number of fused-ring (bicyclic) bond motifs is 1. The molecule has 1 N–H and O–H groups in total. The molecule has 1 aliphatic heterocycles. The van der Waals surface area contributed by atoms with Crippen LogP contribution in [-0.4, -0.2) is 36.0 Å². The second kappa shape index (κ2) is 5.94. The molecule has 1 aliphatic rings. The number of nitrogens with zero attached hydrogens (tertiary/aromatic N) is 6. The van der Waals surface area contributed by atoms with E-state index < -0.39 is 0 Å². The topological polar surface area (TPSA) is 86.6 Å². The molecule has 126 valence electrons. The van der Waals surface area contributed by atoms with Crippen LogP contribution in [0, 0.1) is 0 Å². The van der Waals surface area contributed by atoms with Crippen LogP contribution in [0.5, 0.6) is 0 Å². The van der Waals surface area contributed by atoms with Crippen LogP contribution in [0.2, 0.25) is 0 Å². The second-order valence-electron chi connectivity index (χ2n) is 5.79. The van der Waals surface area contributed by atoms with Gasteiger partial charge in [-0.3, -0.25) is 4.68 Å². The first kappa shape index (κ1) is 14.6. The minimum absolute atomic E-state index is 0.491. The van der Waals surface area contributed by atoms with Gasteiger partial charge in [-0.25, -0.2) is 4.98 Å². The summed E-state index contributed by atoms with van der Waals surface area (Å²) >= 11 is 1.58. The monoisotopic (exact) mass is 353 g/mol. The Balaban J connectivity index is 1.43. The third-order valence-corrected chi connectivity index (χ3v) is 4.98. The molecule has 0 radical (unpaired) electrons. The van der Waals surface area contributed by atoms with Gasteiger partial charge in [-0.05, 0) is 17.5 Å². The summed E-state index contributed by atoms with van der Waals surface area (Å²) in [6.45, 7) is 3.15. The van der Waals surface area contributed by atoms with E-state index in [0.29, 0.717) is 18.3 Å². The van der Waals surface area contributed by atoms with E-state index in [4.69, 9.17) is 4.52 Å². The van der Waals surface area contributed by atoms with Gasteiger partial charge in [-0.1, -0.05) is 11.2 Å². The van der Waals surface area contributed by atoms with Crippen molar-refractivity contribution in [1.82, 2.24) is 34.8 Å². The van der Waals surface area contributed by atoms with Crippen molar-refractivity contribution in [2.45, 2.75) is 19.6 Å². The highest BCUT2D eigenvalue weighted by atomic mass is 32.1. The zero-order chi connectivity index (χ0) is 16.6. The minimum atomic E-state index is 0.491.